The number of ether oxygens (including phenoxy) is 1. The van der Waals surface area contributed by atoms with Crippen molar-refractivity contribution in [1.29, 1.82) is 0 Å². The zero-order valence-corrected chi connectivity index (χ0v) is 18.3. The Morgan fingerprint density at radius 1 is 1.13 bits per heavy atom. The predicted octanol–water partition coefficient (Wildman–Crippen LogP) is 4.12. The van der Waals surface area contributed by atoms with Gasteiger partial charge in [-0.25, -0.2) is 9.79 Å². The Morgan fingerprint density at radius 3 is 2.42 bits per heavy atom. The lowest BCUT2D eigenvalue weighted by Gasteiger charge is -2.14. The van der Waals surface area contributed by atoms with Crippen LogP contribution in [0.3, 0.4) is 0 Å². The number of aliphatic carboxylic acids is 1. The summed E-state index contributed by atoms with van der Waals surface area (Å²) in [6.07, 6.45) is 0.918. The van der Waals surface area contributed by atoms with Gasteiger partial charge in [-0.15, -0.1) is 0 Å². The molecule has 0 radical (unpaired) electrons. The number of carboxylic acids is 1. The molecule has 0 heterocycles. The molecule has 2 rings (SSSR count). The molecule has 4 N–H and O–H groups in total. The van der Waals surface area contributed by atoms with E-state index in [4.69, 9.17) is 21.4 Å². The third-order valence-electron chi connectivity index (χ3n) is 4.15. The molecule has 0 bridgehead atoms. The van der Waals surface area contributed by atoms with E-state index in [-0.39, 0.29) is 12.5 Å². The van der Waals surface area contributed by atoms with E-state index in [2.05, 4.69) is 20.9 Å². The van der Waals surface area contributed by atoms with Crippen LogP contribution < -0.4 is 20.7 Å². The lowest BCUT2D eigenvalue weighted by Crippen LogP contribution is -2.44. The Hall–Kier alpha value is -3.26. The molecule has 1 atom stereocenters. The first-order valence-electron chi connectivity index (χ1n) is 9.93. The van der Waals surface area contributed by atoms with Gasteiger partial charge in [0.2, 0.25) is 5.96 Å². The van der Waals surface area contributed by atoms with Crippen LogP contribution in [0, 0.1) is 5.92 Å². The first kappa shape index (κ1) is 24.0. The Morgan fingerprint density at radius 2 is 1.81 bits per heavy atom. The van der Waals surface area contributed by atoms with Crippen molar-refractivity contribution in [2.45, 2.75) is 26.8 Å². The average molecular weight is 447 g/mol. The highest BCUT2D eigenvalue weighted by Gasteiger charge is 2.13. The number of urea groups is 1. The minimum atomic E-state index is -0.986. The third-order valence-corrected chi connectivity index (χ3v) is 4.40. The zero-order valence-electron chi connectivity index (χ0n) is 17.5. The summed E-state index contributed by atoms with van der Waals surface area (Å²) in [7, 11) is 0. The molecule has 2 amide bonds. The number of nitrogens with one attached hydrogen (secondary N) is 3. The van der Waals surface area contributed by atoms with Crippen LogP contribution in [0.5, 0.6) is 5.75 Å². The highest BCUT2D eigenvalue weighted by atomic mass is 35.5. The van der Waals surface area contributed by atoms with E-state index < -0.39 is 17.9 Å². The summed E-state index contributed by atoms with van der Waals surface area (Å²) in [4.78, 5) is 27.6. The lowest BCUT2D eigenvalue weighted by atomic mass is 10.2. The number of guanidine groups is 1. The van der Waals surface area contributed by atoms with Gasteiger partial charge < -0.3 is 20.5 Å². The fourth-order valence-electron chi connectivity index (χ4n) is 2.35. The summed E-state index contributed by atoms with van der Waals surface area (Å²) in [5.74, 6) is -0.720. The number of carbonyl (C=O) groups excluding carboxylic acids is 1. The van der Waals surface area contributed by atoms with Crippen molar-refractivity contribution in [1.82, 2.24) is 10.6 Å². The van der Waals surface area contributed by atoms with Crippen molar-refractivity contribution in [2.75, 3.05) is 18.5 Å². The number of anilines is 1. The molecule has 0 saturated carbocycles. The molecule has 0 fully saturated rings. The normalized spacial score (nSPS) is 12.0. The average Bonchev–Trinajstić information content (AvgIpc) is 2.76. The van der Waals surface area contributed by atoms with Gasteiger partial charge in [-0.1, -0.05) is 37.6 Å². The standard InChI is InChI=1S/C22H27ClN4O4/c1-3-12-31-19-10-8-18(9-11-19)26-21(24-14-16-4-6-17(23)7-5-16)27-22(30)25-13-15(2)20(28)29/h4-11,15H,3,12-14H2,1-2H3,(H,28,29)(H3,24,25,26,27,30)/t15-/m0/s1. The van der Waals surface area contributed by atoms with Crippen LogP contribution in [0.1, 0.15) is 25.8 Å². The molecule has 2 aromatic rings. The summed E-state index contributed by atoms with van der Waals surface area (Å²) >= 11 is 5.91. The lowest BCUT2D eigenvalue weighted by molar-refractivity contribution is -0.140. The van der Waals surface area contributed by atoms with Crippen LogP contribution in [-0.2, 0) is 11.3 Å². The van der Waals surface area contributed by atoms with Crippen molar-refractivity contribution in [3.05, 3.63) is 59.1 Å². The van der Waals surface area contributed by atoms with E-state index in [0.29, 0.717) is 23.9 Å². The Labute approximate surface area is 186 Å². The maximum absolute atomic E-state index is 12.2. The number of carboxylic acid groups (broad SMARTS) is 1. The monoisotopic (exact) mass is 446 g/mol. The highest BCUT2D eigenvalue weighted by molar-refractivity contribution is 6.30. The number of nitrogens with zero attached hydrogens (tertiary/aromatic N) is 1. The topological polar surface area (TPSA) is 112 Å². The molecule has 0 aliphatic carbocycles. The van der Waals surface area contributed by atoms with Crippen LogP contribution in [0.4, 0.5) is 10.5 Å². The minimum Gasteiger partial charge on any atom is -0.494 e. The van der Waals surface area contributed by atoms with Crippen LogP contribution in [0.15, 0.2) is 53.5 Å². The number of carbonyl (C=O) groups is 2. The second-order valence-electron chi connectivity index (χ2n) is 6.86. The number of hydrogen-bond acceptors (Lipinski definition) is 4. The van der Waals surface area contributed by atoms with E-state index in [1.165, 1.54) is 6.92 Å². The van der Waals surface area contributed by atoms with Crippen molar-refractivity contribution in [2.24, 2.45) is 10.9 Å². The minimum absolute atomic E-state index is 0.00487. The molecule has 0 aliphatic heterocycles. The molecular formula is C22H27ClN4O4. The molecule has 0 aliphatic rings. The summed E-state index contributed by atoms with van der Waals surface area (Å²) in [6, 6.07) is 13.9. The van der Waals surface area contributed by atoms with E-state index in [1.807, 2.05) is 43.3 Å². The van der Waals surface area contributed by atoms with Gasteiger partial charge in [-0.05, 0) is 48.4 Å². The van der Waals surface area contributed by atoms with Gasteiger partial charge in [0.15, 0.2) is 0 Å². The second-order valence-corrected chi connectivity index (χ2v) is 7.30. The number of halogens is 1. The Balaban J connectivity index is 2.07. The molecular weight excluding hydrogens is 420 g/mol. The van der Waals surface area contributed by atoms with Gasteiger partial charge in [-0.3, -0.25) is 10.1 Å². The van der Waals surface area contributed by atoms with E-state index >= 15 is 0 Å². The molecule has 2 aromatic carbocycles. The fraction of sp³-hybridized carbons (Fsp3) is 0.318. The molecule has 0 saturated heterocycles. The van der Waals surface area contributed by atoms with Gasteiger partial charge in [0.25, 0.3) is 0 Å². The fourth-order valence-corrected chi connectivity index (χ4v) is 2.47. The smallest absolute Gasteiger partial charge is 0.321 e. The summed E-state index contributed by atoms with van der Waals surface area (Å²) in [5.41, 5.74) is 1.62. The maximum atomic E-state index is 12.2. The molecule has 8 nitrogen and oxygen atoms in total. The van der Waals surface area contributed by atoms with Gasteiger partial charge in [0, 0.05) is 17.3 Å². The SMILES string of the molecule is CCCOc1ccc(NC(=NCc2ccc(Cl)cc2)NC(=O)NC[C@H](C)C(=O)O)cc1. The molecule has 0 spiro atoms. The van der Waals surface area contributed by atoms with Crippen LogP contribution in [-0.4, -0.2) is 36.2 Å². The summed E-state index contributed by atoms with van der Waals surface area (Å²) in [6.45, 7) is 4.49. The van der Waals surface area contributed by atoms with Crippen LogP contribution in [0.25, 0.3) is 0 Å². The van der Waals surface area contributed by atoms with Crippen molar-refractivity contribution in [3.63, 3.8) is 0 Å². The molecule has 166 valence electrons. The zero-order chi connectivity index (χ0) is 22.6. The summed E-state index contributed by atoms with van der Waals surface area (Å²) in [5, 5.41) is 17.8. The number of aliphatic imine (C=N–C) groups is 1. The third kappa shape index (κ3) is 8.96. The van der Waals surface area contributed by atoms with Gasteiger partial charge in [0.05, 0.1) is 19.1 Å². The largest absolute Gasteiger partial charge is 0.494 e. The number of rotatable bonds is 9. The quantitative estimate of drug-likeness (QED) is 0.342. The first-order valence-corrected chi connectivity index (χ1v) is 10.3. The van der Waals surface area contributed by atoms with Crippen molar-refractivity contribution >= 4 is 35.2 Å². The number of benzene rings is 2. The Kier molecular flexibility index (Phi) is 9.64. The number of hydrogen-bond donors (Lipinski definition) is 4. The summed E-state index contributed by atoms with van der Waals surface area (Å²) < 4.78 is 5.57. The van der Waals surface area contributed by atoms with Crippen molar-refractivity contribution < 1.29 is 19.4 Å². The van der Waals surface area contributed by atoms with Gasteiger partial charge in [-0.2, -0.15) is 0 Å². The van der Waals surface area contributed by atoms with Crippen LogP contribution >= 0.6 is 11.6 Å². The molecule has 31 heavy (non-hydrogen) atoms. The van der Waals surface area contributed by atoms with Crippen LogP contribution in [0.2, 0.25) is 5.02 Å². The molecule has 0 unspecified atom stereocenters. The first-order chi connectivity index (χ1) is 14.9. The number of amides is 2. The van der Waals surface area contributed by atoms with Gasteiger partial charge >= 0.3 is 12.0 Å². The van der Waals surface area contributed by atoms with E-state index in [0.717, 1.165) is 17.7 Å². The molecule has 9 heteroatoms. The second kappa shape index (κ2) is 12.4. The van der Waals surface area contributed by atoms with E-state index in [9.17, 15) is 9.59 Å². The maximum Gasteiger partial charge on any atom is 0.321 e. The van der Waals surface area contributed by atoms with E-state index in [1.54, 1.807) is 12.1 Å². The Bertz CT molecular complexity index is 885. The predicted molar refractivity (Wildman–Crippen MR) is 122 cm³/mol. The molecule has 0 aromatic heterocycles. The van der Waals surface area contributed by atoms with Crippen molar-refractivity contribution in [3.8, 4) is 5.75 Å². The van der Waals surface area contributed by atoms with Gasteiger partial charge in [0.1, 0.15) is 5.75 Å². The highest BCUT2D eigenvalue weighted by Crippen LogP contribution is 2.16.